The molecule has 5 rings (SSSR count). The molecule has 2 amide bonds. The van der Waals surface area contributed by atoms with Crippen LogP contribution < -0.4 is 10.2 Å². The summed E-state index contributed by atoms with van der Waals surface area (Å²) in [7, 11) is 0. The molecule has 2 saturated heterocycles. The maximum absolute atomic E-state index is 12.5. The monoisotopic (exact) mass is 478 g/mol. The first-order valence-electron chi connectivity index (χ1n) is 10.9. The molecule has 0 spiro atoms. The molecule has 3 N–H and O–H groups in total. The lowest BCUT2D eigenvalue weighted by Crippen LogP contribution is -2.63. The van der Waals surface area contributed by atoms with E-state index in [0.717, 1.165) is 24.4 Å². The molecule has 0 aromatic carbocycles. The summed E-state index contributed by atoms with van der Waals surface area (Å²) in [5.41, 5.74) is 0.511. The maximum atomic E-state index is 12.5. The number of thiazole rings is 1. The van der Waals surface area contributed by atoms with Gasteiger partial charge in [0.25, 0.3) is 5.91 Å². The van der Waals surface area contributed by atoms with Gasteiger partial charge in [0.2, 0.25) is 5.91 Å². The van der Waals surface area contributed by atoms with E-state index in [2.05, 4.69) is 15.2 Å². The van der Waals surface area contributed by atoms with Crippen molar-refractivity contribution in [1.29, 1.82) is 0 Å². The van der Waals surface area contributed by atoms with Crippen molar-refractivity contribution < 1.29 is 24.6 Å². The molecule has 3 fully saturated rings. The highest BCUT2D eigenvalue weighted by atomic mass is 32.2. The first-order valence-corrected chi connectivity index (χ1v) is 12.7. The van der Waals surface area contributed by atoms with Gasteiger partial charge in [-0.1, -0.05) is 6.92 Å². The van der Waals surface area contributed by atoms with E-state index in [1.807, 2.05) is 6.92 Å². The van der Waals surface area contributed by atoms with Gasteiger partial charge in [0, 0.05) is 40.6 Å². The van der Waals surface area contributed by atoms with Crippen molar-refractivity contribution in [1.82, 2.24) is 15.2 Å². The molecule has 32 heavy (non-hydrogen) atoms. The molecule has 172 valence electrons. The molecule has 9 nitrogen and oxygen atoms in total. The summed E-state index contributed by atoms with van der Waals surface area (Å²) < 4.78 is 0. The molecule has 11 heteroatoms. The fourth-order valence-corrected chi connectivity index (χ4v) is 7.20. The average molecular weight is 479 g/mol. The van der Waals surface area contributed by atoms with Crippen molar-refractivity contribution in [3.8, 4) is 0 Å². The second-order valence-corrected chi connectivity index (χ2v) is 11.2. The van der Waals surface area contributed by atoms with Crippen molar-refractivity contribution in [3.63, 3.8) is 0 Å². The molecule has 4 atom stereocenters. The van der Waals surface area contributed by atoms with Crippen LogP contribution in [0.3, 0.4) is 0 Å². The smallest absolute Gasteiger partial charge is 0.353 e. The number of anilines is 1. The zero-order valence-corrected chi connectivity index (χ0v) is 19.5. The summed E-state index contributed by atoms with van der Waals surface area (Å²) in [5, 5.41) is 25.5. The van der Waals surface area contributed by atoms with Gasteiger partial charge in [0.1, 0.15) is 11.4 Å². The number of rotatable bonds is 7. The zero-order chi connectivity index (χ0) is 22.7. The first kappa shape index (κ1) is 21.7. The molecular weight excluding hydrogens is 452 g/mol. The number of carboxylic acids is 1. The number of carboxylic acid groups (broad SMARTS) is 1. The molecule has 1 aromatic rings. The van der Waals surface area contributed by atoms with E-state index in [9.17, 15) is 24.6 Å². The molecule has 4 aliphatic rings. The Kier molecular flexibility index (Phi) is 5.45. The quantitative estimate of drug-likeness (QED) is 0.504. The largest absolute Gasteiger partial charge is 0.477 e. The number of aliphatic hydroxyl groups excluding tert-OH is 1. The van der Waals surface area contributed by atoms with Crippen LogP contribution in [0.1, 0.15) is 43.6 Å². The number of aromatic nitrogens is 1. The van der Waals surface area contributed by atoms with E-state index >= 15 is 0 Å². The lowest BCUT2D eigenvalue weighted by atomic mass is 9.79. The molecule has 4 heterocycles. The van der Waals surface area contributed by atoms with Crippen molar-refractivity contribution >= 4 is 46.0 Å². The second kappa shape index (κ2) is 8.03. The number of hydrogen-bond donors (Lipinski definition) is 3. The van der Waals surface area contributed by atoms with Crippen LogP contribution in [0.15, 0.2) is 16.0 Å². The Hall–Kier alpha value is -2.11. The highest BCUT2D eigenvalue weighted by Gasteiger charge is 2.60. The van der Waals surface area contributed by atoms with Gasteiger partial charge in [-0.25, -0.2) is 9.78 Å². The number of thioether (sulfide) groups is 1. The minimum atomic E-state index is -1.10. The number of nitrogens with one attached hydrogen (secondary N) is 1. The Morgan fingerprint density at radius 3 is 2.66 bits per heavy atom. The minimum absolute atomic E-state index is 0.0667. The van der Waals surface area contributed by atoms with Crippen molar-refractivity contribution in [2.45, 2.75) is 56.5 Å². The number of carbonyl (C=O) groups is 3. The van der Waals surface area contributed by atoms with Crippen LogP contribution in [0.5, 0.6) is 0 Å². The molecule has 2 unspecified atom stereocenters. The Balaban J connectivity index is 1.22. The van der Waals surface area contributed by atoms with Crippen LogP contribution in [0.4, 0.5) is 5.13 Å². The SMILES string of the molecule is C[C@@H](O)C1C(=O)N2C(C(=O)O)=C(SC3CN(c4nc(C(=O)NC5CCC5)cs4)C3)[C@H](C)C12. The number of hydrogen-bond acceptors (Lipinski definition) is 8. The molecule has 3 aliphatic heterocycles. The summed E-state index contributed by atoms with van der Waals surface area (Å²) in [5.74, 6) is -2.20. The van der Waals surface area contributed by atoms with Gasteiger partial charge >= 0.3 is 5.97 Å². The van der Waals surface area contributed by atoms with E-state index in [-0.39, 0.29) is 40.8 Å². The van der Waals surface area contributed by atoms with E-state index in [4.69, 9.17) is 0 Å². The van der Waals surface area contributed by atoms with Gasteiger partial charge in [-0.05, 0) is 26.2 Å². The van der Waals surface area contributed by atoms with Gasteiger partial charge in [0.15, 0.2) is 5.13 Å². The van der Waals surface area contributed by atoms with Crippen LogP contribution in [0.25, 0.3) is 0 Å². The predicted octanol–water partition coefficient (Wildman–Crippen LogP) is 1.50. The Morgan fingerprint density at radius 1 is 1.34 bits per heavy atom. The minimum Gasteiger partial charge on any atom is -0.477 e. The Bertz CT molecular complexity index is 998. The molecule has 0 bridgehead atoms. The highest BCUT2D eigenvalue weighted by molar-refractivity contribution is 8.03. The second-order valence-electron chi connectivity index (χ2n) is 9.03. The molecule has 1 aromatic heterocycles. The van der Waals surface area contributed by atoms with Crippen LogP contribution >= 0.6 is 23.1 Å². The van der Waals surface area contributed by atoms with Crippen molar-refractivity contribution in [3.05, 3.63) is 21.7 Å². The average Bonchev–Trinajstić information content (AvgIpc) is 3.23. The summed E-state index contributed by atoms with van der Waals surface area (Å²) >= 11 is 2.95. The lowest BCUT2D eigenvalue weighted by molar-refractivity contribution is -0.163. The number of amides is 2. The molecule has 1 saturated carbocycles. The van der Waals surface area contributed by atoms with Crippen molar-refractivity contribution in [2.24, 2.45) is 11.8 Å². The van der Waals surface area contributed by atoms with Gasteiger partial charge < -0.3 is 25.3 Å². The Labute approximate surface area is 193 Å². The van der Waals surface area contributed by atoms with Crippen LogP contribution in [0, 0.1) is 11.8 Å². The fourth-order valence-electron chi connectivity index (χ4n) is 4.85. The number of aliphatic hydroxyl groups is 1. The van der Waals surface area contributed by atoms with Gasteiger partial charge in [0.05, 0.1) is 18.1 Å². The van der Waals surface area contributed by atoms with Gasteiger partial charge in [-0.15, -0.1) is 23.1 Å². The third-order valence-corrected chi connectivity index (χ3v) is 9.24. The number of carbonyl (C=O) groups excluding carboxylic acids is 2. The van der Waals surface area contributed by atoms with Crippen molar-refractivity contribution in [2.75, 3.05) is 18.0 Å². The summed E-state index contributed by atoms with van der Waals surface area (Å²) in [4.78, 5) is 45.3. The standard InChI is InChI=1S/C21H26N4O5S2/c1-9-15-14(10(2)26)19(28)25(15)16(20(29)30)17(9)32-12-6-24(7-12)21-23-13(8-31-21)18(27)22-11-4-3-5-11/h8-12,14-15,26H,3-7H2,1-2H3,(H,22,27)(H,29,30)/t9-,10-,14?,15?/m1/s1. The molecular formula is C21H26N4O5S2. The third-order valence-electron chi connectivity index (χ3n) is 6.89. The van der Waals surface area contributed by atoms with E-state index < -0.39 is 18.0 Å². The maximum Gasteiger partial charge on any atom is 0.353 e. The number of β-lactam (4-membered cyclic amide) rings is 1. The molecule has 1 aliphatic carbocycles. The van der Waals surface area contributed by atoms with Crippen LogP contribution in [-0.2, 0) is 9.59 Å². The van der Waals surface area contributed by atoms with Crippen LogP contribution in [-0.4, -0.2) is 74.4 Å². The van der Waals surface area contributed by atoms with E-state index in [1.165, 1.54) is 28.0 Å². The first-order chi connectivity index (χ1) is 15.3. The normalized spacial score (nSPS) is 28.7. The summed E-state index contributed by atoms with van der Waals surface area (Å²) in [6.07, 6.45) is 2.42. The van der Waals surface area contributed by atoms with Gasteiger partial charge in [-0.3, -0.25) is 9.59 Å². The number of aliphatic carboxylic acids is 1. The summed E-state index contributed by atoms with van der Waals surface area (Å²) in [6, 6.07) is -0.0168. The topological polar surface area (TPSA) is 123 Å². The van der Waals surface area contributed by atoms with Crippen LogP contribution in [0.2, 0.25) is 0 Å². The lowest BCUT2D eigenvalue weighted by Gasteiger charge is -2.46. The molecule has 0 radical (unpaired) electrons. The fraction of sp³-hybridized carbons (Fsp3) is 0.619. The highest BCUT2D eigenvalue weighted by Crippen LogP contribution is 2.52. The van der Waals surface area contributed by atoms with E-state index in [1.54, 1.807) is 12.3 Å². The van der Waals surface area contributed by atoms with Gasteiger partial charge in [-0.2, -0.15) is 0 Å². The zero-order valence-electron chi connectivity index (χ0n) is 17.9. The number of nitrogens with zero attached hydrogens (tertiary/aromatic N) is 3. The van der Waals surface area contributed by atoms with E-state index in [0.29, 0.717) is 23.7 Å². The number of fused-ring (bicyclic) bond motifs is 1. The predicted molar refractivity (Wildman–Crippen MR) is 120 cm³/mol. The Morgan fingerprint density at radius 2 is 2.06 bits per heavy atom. The third kappa shape index (κ3) is 3.41. The summed E-state index contributed by atoms with van der Waals surface area (Å²) in [6.45, 7) is 4.91.